The topological polar surface area (TPSA) is 80.9 Å². The fourth-order valence-corrected chi connectivity index (χ4v) is 5.41. The average molecular weight is 514 g/mol. The first-order valence-electron chi connectivity index (χ1n) is 13.5. The largest absolute Gasteiger partial charge is 0.324 e. The summed E-state index contributed by atoms with van der Waals surface area (Å²) in [5, 5.41) is 3.86. The van der Waals surface area contributed by atoms with Gasteiger partial charge in [0.2, 0.25) is 5.95 Å². The molecule has 200 valence electrons. The summed E-state index contributed by atoms with van der Waals surface area (Å²) < 4.78 is 3.54. The number of nitrogens with one attached hydrogen (secondary N) is 1. The van der Waals surface area contributed by atoms with E-state index in [-0.39, 0.29) is 17.0 Å². The van der Waals surface area contributed by atoms with E-state index in [4.69, 9.17) is 9.97 Å². The molecule has 3 aromatic heterocycles. The van der Waals surface area contributed by atoms with Crippen LogP contribution in [-0.4, -0.2) is 49.9 Å². The van der Waals surface area contributed by atoms with Crippen molar-refractivity contribution in [2.24, 2.45) is 5.92 Å². The summed E-state index contributed by atoms with van der Waals surface area (Å²) >= 11 is 0. The van der Waals surface area contributed by atoms with E-state index in [1.54, 1.807) is 10.9 Å². The summed E-state index contributed by atoms with van der Waals surface area (Å²) in [6, 6.07) is 12.4. The van der Waals surface area contributed by atoms with Gasteiger partial charge in [0.1, 0.15) is 5.39 Å². The van der Waals surface area contributed by atoms with Crippen LogP contribution in [0.25, 0.3) is 16.9 Å². The minimum absolute atomic E-state index is 0.0785. The first kappa shape index (κ1) is 26.1. The summed E-state index contributed by atoms with van der Waals surface area (Å²) in [6.07, 6.45) is 5.02. The number of anilines is 2. The number of pyridine rings is 1. The molecule has 4 aromatic rings. The lowest BCUT2D eigenvalue weighted by Gasteiger charge is -2.27. The van der Waals surface area contributed by atoms with E-state index >= 15 is 0 Å². The van der Waals surface area contributed by atoms with Crippen molar-refractivity contribution in [2.45, 2.75) is 65.3 Å². The molecule has 0 spiro atoms. The predicted molar refractivity (Wildman–Crippen MR) is 154 cm³/mol. The predicted octanol–water partition coefficient (Wildman–Crippen LogP) is 5.27. The Morgan fingerprint density at radius 2 is 1.89 bits per heavy atom. The molecule has 8 heteroatoms. The number of benzene rings is 1. The van der Waals surface area contributed by atoms with Crippen LogP contribution in [0.3, 0.4) is 0 Å². The summed E-state index contributed by atoms with van der Waals surface area (Å²) in [5.74, 6) is 1.83. The fraction of sp³-hybridized carbons (Fsp3) is 0.467. The molecule has 0 radical (unpaired) electrons. The molecule has 0 fully saturated rings. The molecular weight excluding hydrogens is 474 g/mol. The molecule has 0 amide bonds. The quantitative estimate of drug-likeness (QED) is 0.379. The standard InChI is InChI=1S/C30H39N7O/c1-19(2)36-28(38)24-17-31-29(34-27(24)37(36)26-10-8-9-25(33-26)30(3,4)5)32-23-14-13-21-15-20(18-35(6)7)11-12-22(21)16-23/h8-10,13-14,16-17,19-20H,11-12,15,18H2,1-7H3,(H,31,32,34). The number of hydrogen-bond acceptors (Lipinski definition) is 6. The number of nitrogens with zero attached hydrogens (tertiary/aromatic N) is 6. The third kappa shape index (κ3) is 5.10. The summed E-state index contributed by atoms with van der Waals surface area (Å²) in [5.41, 5.74) is 5.03. The van der Waals surface area contributed by atoms with Crippen molar-refractivity contribution in [3.8, 4) is 5.82 Å². The van der Waals surface area contributed by atoms with Gasteiger partial charge in [-0.05, 0) is 88.5 Å². The highest BCUT2D eigenvalue weighted by Gasteiger charge is 2.23. The Hall–Kier alpha value is -3.52. The third-order valence-electron chi connectivity index (χ3n) is 7.25. The van der Waals surface area contributed by atoms with E-state index < -0.39 is 0 Å². The lowest BCUT2D eigenvalue weighted by atomic mass is 9.83. The van der Waals surface area contributed by atoms with Crippen molar-refractivity contribution >= 4 is 22.7 Å². The van der Waals surface area contributed by atoms with Gasteiger partial charge < -0.3 is 10.2 Å². The minimum atomic E-state index is -0.122. The maximum Gasteiger partial charge on any atom is 0.278 e. The van der Waals surface area contributed by atoms with Gasteiger partial charge in [-0.2, -0.15) is 4.98 Å². The van der Waals surface area contributed by atoms with Gasteiger partial charge in [0.15, 0.2) is 11.5 Å². The molecular formula is C30H39N7O. The smallest absolute Gasteiger partial charge is 0.278 e. The monoisotopic (exact) mass is 513 g/mol. The Labute approximate surface area is 224 Å². The van der Waals surface area contributed by atoms with Crippen LogP contribution in [0, 0.1) is 5.92 Å². The summed E-state index contributed by atoms with van der Waals surface area (Å²) in [7, 11) is 4.29. The van der Waals surface area contributed by atoms with Crippen LogP contribution < -0.4 is 10.9 Å². The van der Waals surface area contributed by atoms with Gasteiger partial charge in [-0.25, -0.2) is 19.3 Å². The molecule has 1 aromatic carbocycles. The van der Waals surface area contributed by atoms with Gasteiger partial charge in [-0.3, -0.25) is 4.79 Å². The van der Waals surface area contributed by atoms with Crippen LogP contribution in [0.1, 0.15) is 63.9 Å². The van der Waals surface area contributed by atoms with Crippen LogP contribution in [0.15, 0.2) is 47.4 Å². The van der Waals surface area contributed by atoms with E-state index in [0.29, 0.717) is 28.7 Å². The SMILES string of the molecule is CC(C)n1c(=O)c2cnc(Nc3ccc4c(c3)CCC(CN(C)C)C4)nc2n1-c1cccc(C(C)(C)C)n1. The molecule has 1 unspecified atom stereocenters. The van der Waals surface area contributed by atoms with Gasteiger partial charge >= 0.3 is 0 Å². The molecule has 0 aliphatic heterocycles. The molecule has 0 saturated heterocycles. The van der Waals surface area contributed by atoms with Gasteiger partial charge in [-0.15, -0.1) is 0 Å². The lowest BCUT2D eigenvalue weighted by Crippen LogP contribution is -2.26. The zero-order valence-corrected chi connectivity index (χ0v) is 23.6. The normalized spacial score (nSPS) is 15.9. The molecule has 5 rings (SSSR count). The number of rotatable bonds is 6. The van der Waals surface area contributed by atoms with Crippen molar-refractivity contribution < 1.29 is 0 Å². The highest BCUT2D eigenvalue weighted by atomic mass is 16.1. The molecule has 3 heterocycles. The van der Waals surface area contributed by atoms with E-state index in [2.05, 4.69) is 68.3 Å². The number of hydrogen-bond donors (Lipinski definition) is 1. The molecule has 38 heavy (non-hydrogen) atoms. The molecule has 1 aliphatic carbocycles. The highest BCUT2D eigenvalue weighted by Crippen LogP contribution is 2.29. The maximum atomic E-state index is 13.4. The van der Waals surface area contributed by atoms with Gasteiger partial charge in [0.25, 0.3) is 5.56 Å². The Morgan fingerprint density at radius 3 is 2.61 bits per heavy atom. The Kier molecular flexibility index (Phi) is 6.86. The van der Waals surface area contributed by atoms with Crippen molar-refractivity contribution in [1.29, 1.82) is 0 Å². The highest BCUT2D eigenvalue weighted by molar-refractivity contribution is 5.77. The van der Waals surface area contributed by atoms with E-state index in [9.17, 15) is 4.79 Å². The summed E-state index contributed by atoms with van der Waals surface area (Å²) in [6.45, 7) is 11.5. The van der Waals surface area contributed by atoms with Crippen molar-refractivity contribution in [2.75, 3.05) is 26.0 Å². The van der Waals surface area contributed by atoms with Crippen molar-refractivity contribution in [3.63, 3.8) is 0 Å². The first-order chi connectivity index (χ1) is 18.0. The number of aryl methyl sites for hydroxylation is 1. The van der Waals surface area contributed by atoms with Crippen LogP contribution in [0.5, 0.6) is 0 Å². The fourth-order valence-electron chi connectivity index (χ4n) is 5.41. The van der Waals surface area contributed by atoms with Crippen LogP contribution >= 0.6 is 0 Å². The van der Waals surface area contributed by atoms with E-state index in [1.807, 2.05) is 36.7 Å². The van der Waals surface area contributed by atoms with Crippen LogP contribution in [0.4, 0.5) is 11.6 Å². The third-order valence-corrected chi connectivity index (χ3v) is 7.25. The van der Waals surface area contributed by atoms with Crippen LogP contribution in [-0.2, 0) is 18.3 Å². The Morgan fingerprint density at radius 1 is 1.11 bits per heavy atom. The minimum Gasteiger partial charge on any atom is -0.324 e. The molecule has 0 saturated carbocycles. The Bertz CT molecular complexity index is 1520. The molecule has 0 bridgehead atoms. The zero-order chi connectivity index (χ0) is 27.2. The average Bonchev–Trinajstić information content (AvgIpc) is 3.15. The Balaban J connectivity index is 1.52. The second kappa shape index (κ2) is 9.98. The molecule has 1 atom stereocenters. The maximum absolute atomic E-state index is 13.4. The lowest BCUT2D eigenvalue weighted by molar-refractivity contribution is 0.303. The van der Waals surface area contributed by atoms with Crippen molar-refractivity contribution in [1.82, 2.24) is 29.2 Å². The molecule has 8 nitrogen and oxygen atoms in total. The summed E-state index contributed by atoms with van der Waals surface area (Å²) in [4.78, 5) is 29.9. The molecule has 1 N–H and O–H groups in total. The zero-order valence-electron chi connectivity index (χ0n) is 23.6. The van der Waals surface area contributed by atoms with Crippen molar-refractivity contribution in [3.05, 3.63) is 69.8 Å². The van der Waals surface area contributed by atoms with Crippen LogP contribution in [0.2, 0.25) is 0 Å². The van der Waals surface area contributed by atoms with Gasteiger partial charge in [0.05, 0.1) is 0 Å². The number of aromatic nitrogens is 5. The van der Waals surface area contributed by atoms with Gasteiger partial charge in [-0.1, -0.05) is 32.9 Å². The number of fused-ring (bicyclic) bond motifs is 2. The van der Waals surface area contributed by atoms with E-state index in [0.717, 1.165) is 30.8 Å². The second-order valence-corrected chi connectivity index (χ2v) is 12.1. The van der Waals surface area contributed by atoms with E-state index in [1.165, 1.54) is 17.5 Å². The first-order valence-corrected chi connectivity index (χ1v) is 13.5. The van der Waals surface area contributed by atoms with Gasteiger partial charge in [0, 0.05) is 35.6 Å². The second-order valence-electron chi connectivity index (χ2n) is 12.1. The molecule has 1 aliphatic rings.